The average Bonchev–Trinajstić information content (AvgIpc) is 2.12. The first-order valence-electron chi connectivity index (χ1n) is 3.65. The minimum atomic E-state index is -0.0924. The van der Waals surface area contributed by atoms with Crippen LogP contribution in [0.2, 0.25) is 0 Å². The van der Waals surface area contributed by atoms with Crippen molar-refractivity contribution in [1.29, 1.82) is 0 Å². The standard InChI is InChI=1S/C10H6O2.Cu/c11-9-5-6-10(12)8-4-2-1-3-7(8)9;/h1-6H;. The van der Waals surface area contributed by atoms with Crippen LogP contribution in [0, 0.1) is 0 Å². The molecule has 0 heterocycles. The van der Waals surface area contributed by atoms with Crippen LogP contribution in [0.1, 0.15) is 20.7 Å². The maximum Gasteiger partial charge on any atom is 0.186 e. The number of benzene rings is 1. The fourth-order valence-electron chi connectivity index (χ4n) is 1.24. The zero-order valence-corrected chi connectivity index (χ0v) is 7.52. The number of allylic oxidation sites excluding steroid dienone is 2. The summed E-state index contributed by atoms with van der Waals surface area (Å²) < 4.78 is 0. The van der Waals surface area contributed by atoms with Gasteiger partial charge < -0.3 is 0 Å². The molecule has 1 aliphatic rings. The molecule has 1 aliphatic carbocycles. The van der Waals surface area contributed by atoms with E-state index < -0.39 is 0 Å². The van der Waals surface area contributed by atoms with Crippen molar-refractivity contribution >= 4 is 11.6 Å². The molecule has 0 atom stereocenters. The van der Waals surface area contributed by atoms with Crippen LogP contribution in [0.4, 0.5) is 0 Å². The number of fused-ring (bicyclic) bond motifs is 1. The van der Waals surface area contributed by atoms with Gasteiger partial charge in [-0.3, -0.25) is 9.59 Å². The van der Waals surface area contributed by atoms with Crippen LogP contribution in [0.25, 0.3) is 0 Å². The van der Waals surface area contributed by atoms with Crippen molar-refractivity contribution in [1.82, 2.24) is 0 Å². The van der Waals surface area contributed by atoms with Gasteiger partial charge in [-0.05, 0) is 12.2 Å². The van der Waals surface area contributed by atoms with Gasteiger partial charge in [0, 0.05) is 28.2 Å². The van der Waals surface area contributed by atoms with Crippen LogP contribution in [-0.4, -0.2) is 11.6 Å². The van der Waals surface area contributed by atoms with E-state index in [-0.39, 0.29) is 28.6 Å². The summed E-state index contributed by atoms with van der Waals surface area (Å²) in [4.78, 5) is 22.4. The topological polar surface area (TPSA) is 34.1 Å². The summed E-state index contributed by atoms with van der Waals surface area (Å²) in [5, 5.41) is 0. The fraction of sp³-hybridized carbons (Fsp3) is 0. The minimum absolute atomic E-state index is 0. The third kappa shape index (κ3) is 1.62. The van der Waals surface area contributed by atoms with Gasteiger partial charge in [0.1, 0.15) is 0 Å². The summed E-state index contributed by atoms with van der Waals surface area (Å²) in [6, 6.07) is 6.84. The Kier molecular flexibility index (Phi) is 2.81. The van der Waals surface area contributed by atoms with Gasteiger partial charge >= 0.3 is 0 Å². The Hall–Kier alpha value is -1.18. The molecule has 3 heteroatoms. The normalized spacial score (nSPS) is 13.5. The molecule has 0 amide bonds. The van der Waals surface area contributed by atoms with E-state index in [1.54, 1.807) is 24.3 Å². The molecule has 0 spiro atoms. The van der Waals surface area contributed by atoms with Crippen molar-refractivity contribution in [3.8, 4) is 0 Å². The molecule has 0 aromatic heterocycles. The van der Waals surface area contributed by atoms with Gasteiger partial charge in [0.2, 0.25) is 0 Å². The Morgan fingerprint density at radius 1 is 0.769 bits per heavy atom. The van der Waals surface area contributed by atoms with Crippen LogP contribution in [0.15, 0.2) is 36.4 Å². The number of rotatable bonds is 0. The van der Waals surface area contributed by atoms with Crippen LogP contribution in [0.5, 0.6) is 0 Å². The predicted octanol–water partition coefficient (Wildman–Crippen LogP) is 1.62. The Labute approximate surface area is 86.1 Å². The molecule has 0 unspecified atom stereocenters. The van der Waals surface area contributed by atoms with Crippen LogP contribution >= 0.6 is 0 Å². The molecule has 0 saturated heterocycles. The van der Waals surface area contributed by atoms with Gasteiger partial charge in [0.05, 0.1) is 0 Å². The summed E-state index contributed by atoms with van der Waals surface area (Å²) in [5.74, 6) is -0.185. The van der Waals surface area contributed by atoms with E-state index in [4.69, 9.17) is 0 Å². The van der Waals surface area contributed by atoms with Gasteiger partial charge in [0.25, 0.3) is 0 Å². The molecule has 69 valence electrons. The Balaban J connectivity index is 0.000000845. The van der Waals surface area contributed by atoms with Crippen molar-refractivity contribution in [3.05, 3.63) is 47.5 Å². The van der Waals surface area contributed by atoms with Gasteiger partial charge in [-0.2, -0.15) is 0 Å². The van der Waals surface area contributed by atoms with E-state index in [1.165, 1.54) is 12.2 Å². The Bertz CT molecular complexity index is 357. The molecule has 1 radical (unpaired) electrons. The van der Waals surface area contributed by atoms with Crippen molar-refractivity contribution in [3.63, 3.8) is 0 Å². The smallest absolute Gasteiger partial charge is 0.186 e. The summed E-state index contributed by atoms with van der Waals surface area (Å²) in [7, 11) is 0. The largest absolute Gasteiger partial charge is 0.289 e. The second kappa shape index (κ2) is 3.69. The quantitative estimate of drug-likeness (QED) is 0.624. The second-order valence-corrected chi connectivity index (χ2v) is 2.61. The van der Waals surface area contributed by atoms with Crippen molar-refractivity contribution in [2.75, 3.05) is 0 Å². The van der Waals surface area contributed by atoms with Crippen LogP contribution < -0.4 is 0 Å². The Morgan fingerprint density at radius 2 is 1.15 bits per heavy atom. The van der Waals surface area contributed by atoms with Gasteiger partial charge in [-0.25, -0.2) is 0 Å². The van der Waals surface area contributed by atoms with E-state index in [0.717, 1.165) is 0 Å². The molecule has 0 saturated carbocycles. The first kappa shape index (κ1) is 9.90. The maximum atomic E-state index is 11.2. The van der Waals surface area contributed by atoms with Gasteiger partial charge in [-0.15, -0.1) is 0 Å². The first-order chi connectivity index (χ1) is 5.79. The predicted molar refractivity (Wildman–Crippen MR) is 44.2 cm³/mol. The summed E-state index contributed by atoms with van der Waals surface area (Å²) in [6.07, 6.45) is 2.62. The minimum Gasteiger partial charge on any atom is -0.289 e. The molecule has 2 nitrogen and oxygen atoms in total. The maximum absolute atomic E-state index is 11.2. The number of hydrogen-bond donors (Lipinski definition) is 0. The molecule has 1 aromatic rings. The van der Waals surface area contributed by atoms with E-state index in [9.17, 15) is 9.59 Å². The SMILES string of the molecule is O=C1C=CC(=O)c2ccccc21.[Cu]. The van der Waals surface area contributed by atoms with Crippen molar-refractivity contribution in [2.45, 2.75) is 0 Å². The Morgan fingerprint density at radius 3 is 1.54 bits per heavy atom. The molecular weight excluding hydrogens is 216 g/mol. The molecule has 0 aliphatic heterocycles. The van der Waals surface area contributed by atoms with Crippen molar-refractivity contribution < 1.29 is 26.7 Å². The van der Waals surface area contributed by atoms with E-state index in [2.05, 4.69) is 0 Å². The molecule has 0 bridgehead atoms. The molecule has 2 rings (SSSR count). The third-order valence-electron chi connectivity index (χ3n) is 1.84. The fourth-order valence-corrected chi connectivity index (χ4v) is 1.24. The van der Waals surface area contributed by atoms with Crippen LogP contribution in [0.3, 0.4) is 0 Å². The first-order valence-corrected chi connectivity index (χ1v) is 3.65. The summed E-state index contributed by atoms with van der Waals surface area (Å²) in [5.41, 5.74) is 1.01. The summed E-state index contributed by atoms with van der Waals surface area (Å²) >= 11 is 0. The molecule has 1 aromatic carbocycles. The number of carbonyl (C=O) groups excluding carboxylic acids is 2. The van der Waals surface area contributed by atoms with E-state index in [1.807, 2.05) is 0 Å². The number of carbonyl (C=O) groups is 2. The molecule has 0 N–H and O–H groups in total. The molecule has 13 heavy (non-hydrogen) atoms. The monoisotopic (exact) mass is 221 g/mol. The summed E-state index contributed by atoms with van der Waals surface area (Å²) in [6.45, 7) is 0. The number of hydrogen-bond acceptors (Lipinski definition) is 2. The van der Waals surface area contributed by atoms with E-state index >= 15 is 0 Å². The van der Waals surface area contributed by atoms with Crippen LogP contribution in [-0.2, 0) is 17.1 Å². The zero-order valence-electron chi connectivity index (χ0n) is 6.58. The zero-order chi connectivity index (χ0) is 8.55. The van der Waals surface area contributed by atoms with Gasteiger partial charge in [0.15, 0.2) is 11.6 Å². The third-order valence-corrected chi connectivity index (χ3v) is 1.84. The van der Waals surface area contributed by atoms with Gasteiger partial charge in [-0.1, -0.05) is 24.3 Å². The average molecular weight is 222 g/mol. The second-order valence-electron chi connectivity index (χ2n) is 2.61. The van der Waals surface area contributed by atoms with E-state index in [0.29, 0.717) is 11.1 Å². The molecular formula is C10H6CuO2. The van der Waals surface area contributed by atoms with Crippen molar-refractivity contribution in [2.24, 2.45) is 0 Å². The molecule has 0 fully saturated rings. The number of ketones is 2.